The van der Waals surface area contributed by atoms with Gasteiger partial charge in [0.2, 0.25) is 0 Å². The Kier molecular flexibility index (Phi) is 5.25. The van der Waals surface area contributed by atoms with E-state index in [1.54, 1.807) is 0 Å². The summed E-state index contributed by atoms with van der Waals surface area (Å²) in [5.41, 5.74) is 4.91. The summed E-state index contributed by atoms with van der Waals surface area (Å²) in [6, 6.07) is 26.2. The molecule has 1 saturated heterocycles. The van der Waals surface area contributed by atoms with E-state index in [1.807, 2.05) is 72.5 Å². The highest BCUT2D eigenvalue weighted by Gasteiger charge is 2.56. The van der Waals surface area contributed by atoms with Gasteiger partial charge < -0.3 is 14.2 Å². The van der Waals surface area contributed by atoms with Crippen molar-refractivity contribution in [1.82, 2.24) is 9.47 Å². The fourth-order valence-electron chi connectivity index (χ4n) is 6.48. The second-order valence-corrected chi connectivity index (χ2v) is 10.3. The van der Waals surface area contributed by atoms with Crippen LogP contribution in [0.15, 0.2) is 78.9 Å². The summed E-state index contributed by atoms with van der Waals surface area (Å²) in [6.07, 6.45) is 0. The van der Waals surface area contributed by atoms with Crippen molar-refractivity contribution in [3.05, 3.63) is 107 Å². The Morgan fingerprint density at radius 3 is 2.31 bits per heavy atom. The van der Waals surface area contributed by atoms with Crippen LogP contribution < -0.4 is 0 Å². The summed E-state index contributed by atoms with van der Waals surface area (Å²) >= 11 is 0. The van der Waals surface area contributed by atoms with Gasteiger partial charge in [0.1, 0.15) is 5.60 Å². The minimum Gasteiger partial charge on any atom is -0.450 e. The molecule has 5 heteroatoms. The number of para-hydroxylation sites is 1. The number of nitrogens with zero attached hydrogens (tertiary/aromatic N) is 2. The predicted molar refractivity (Wildman–Crippen MR) is 140 cm³/mol. The number of rotatable bonds is 3. The molecule has 182 valence electrons. The van der Waals surface area contributed by atoms with Crippen molar-refractivity contribution in [2.75, 3.05) is 13.1 Å². The number of hydrogen-bond donors (Lipinski definition) is 0. The van der Waals surface area contributed by atoms with E-state index in [2.05, 4.69) is 36.6 Å². The molecule has 0 unspecified atom stereocenters. The van der Waals surface area contributed by atoms with E-state index < -0.39 is 5.60 Å². The van der Waals surface area contributed by atoms with Crippen molar-refractivity contribution in [2.45, 2.75) is 32.9 Å². The Bertz CT molecular complexity index is 1470. The van der Waals surface area contributed by atoms with Crippen LogP contribution in [0.5, 0.6) is 0 Å². The number of fused-ring (bicyclic) bond motifs is 3. The van der Waals surface area contributed by atoms with Crippen molar-refractivity contribution >= 4 is 22.8 Å². The number of carbonyl (C=O) groups excluding carboxylic acids is 2. The summed E-state index contributed by atoms with van der Waals surface area (Å²) in [7, 11) is 0. The first-order valence-corrected chi connectivity index (χ1v) is 12.7. The normalized spacial score (nSPS) is 23.2. The van der Waals surface area contributed by atoms with Crippen molar-refractivity contribution < 1.29 is 14.3 Å². The summed E-state index contributed by atoms with van der Waals surface area (Å²) in [5.74, 6) is -0.280. The molecule has 5 nitrogen and oxygen atoms in total. The van der Waals surface area contributed by atoms with Gasteiger partial charge in [-0.25, -0.2) is 4.79 Å². The average molecular weight is 479 g/mol. The van der Waals surface area contributed by atoms with Gasteiger partial charge in [-0.1, -0.05) is 80.6 Å². The Hall–Kier alpha value is -3.86. The molecule has 2 aliphatic rings. The largest absolute Gasteiger partial charge is 0.450 e. The van der Waals surface area contributed by atoms with Gasteiger partial charge in [-0.2, -0.15) is 0 Å². The second-order valence-electron chi connectivity index (χ2n) is 10.3. The number of amides is 1. The molecule has 0 bridgehead atoms. The number of piperidine rings is 1. The van der Waals surface area contributed by atoms with E-state index in [0.717, 1.165) is 27.7 Å². The van der Waals surface area contributed by atoms with Gasteiger partial charge in [0, 0.05) is 53.6 Å². The highest BCUT2D eigenvalue weighted by molar-refractivity contribution is 6.08. The average Bonchev–Trinajstić information content (AvgIpc) is 3.35. The highest BCUT2D eigenvalue weighted by Crippen LogP contribution is 2.50. The zero-order valence-corrected chi connectivity index (χ0v) is 20.9. The molecular weight excluding hydrogens is 448 g/mol. The van der Waals surface area contributed by atoms with Crippen LogP contribution in [0, 0.1) is 18.8 Å². The van der Waals surface area contributed by atoms with Crippen molar-refractivity contribution in [2.24, 2.45) is 11.8 Å². The molecule has 1 amide bonds. The first kappa shape index (κ1) is 22.6. The molecule has 3 heterocycles. The van der Waals surface area contributed by atoms with Gasteiger partial charge in [-0.05, 0) is 24.6 Å². The number of ether oxygens (including phenoxy) is 1. The number of likely N-dealkylation sites (tertiary alicyclic amines) is 1. The minimum absolute atomic E-state index is 0.0317. The molecule has 4 aromatic rings. The molecule has 2 aliphatic heterocycles. The maximum absolute atomic E-state index is 14.1. The van der Waals surface area contributed by atoms with E-state index in [9.17, 15) is 9.59 Å². The molecule has 3 aromatic carbocycles. The van der Waals surface area contributed by atoms with Crippen molar-refractivity contribution in [1.29, 1.82) is 0 Å². The van der Waals surface area contributed by atoms with Crippen molar-refractivity contribution in [3.63, 3.8) is 0 Å². The predicted octanol–water partition coefficient (Wildman–Crippen LogP) is 5.79. The summed E-state index contributed by atoms with van der Waals surface area (Å²) in [5, 5.41) is 0.981. The highest BCUT2D eigenvalue weighted by atomic mass is 16.6. The fraction of sp³-hybridized carbons (Fsp3) is 0.290. The summed E-state index contributed by atoms with van der Waals surface area (Å²) in [4.78, 5) is 28.8. The molecule has 36 heavy (non-hydrogen) atoms. The van der Waals surface area contributed by atoms with E-state index in [-0.39, 0.29) is 23.7 Å². The maximum atomic E-state index is 14.1. The van der Waals surface area contributed by atoms with Crippen LogP contribution in [0.3, 0.4) is 0 Å². The Morgan fingerprint density at radius 1 is 0.917 bits per heavy atom. The van der Waals surface area contributed by atoms with Gasteiger partial charge in [0.25, 0.3) is 5.91 Å². The quantitative estimate of drug-likeness (QED) is 0.350. The third-order valence-electron chi connectivity index (χ3n) is 8.20. The third kappa shape index (κ3) is 3.22. The molecule has 0 radical (unpaired) electrons. The van der Waals surface area contributed by atoms with Crippen LogP contribution in [0.1, 0.15) is 51.4 Å². The topological polar surface area (TPSA) is 51.5 Å². The smallest absolute Gasteiger partial charge is 0.339 e. The van der Waals surface area contributed by atoms with Crippen LogP contribution in [-0.2, 0) is 16.9 Å². The second kappa shape index (κ2) is 8.37. The van der Waals surface area contributed by atoms with Crippen LogP contribution >= 0.6 is 0 Å². The Morgan fingerprint density at radius 2 is 1.56 bits per heavy atom. The summed E-state index contributed by atoms with van der Waals surface area (Å²) < 4.78 is 8.34. The molecule has 6 rings (SSSR count). The number of aromatic nitrogens is 1. The molecule has 0 aliphatic carbocycles. The van der Waals surface area contributed by atoms with Crippen LogP contribution in [0.4, 0.5) is 0 Å². The first-order valence-electron chi connectivity index (χ1n) is 12.7. The van der Waals surface area contributed by atoms with Crippen LogP contribution in [-0.4, -0.2) is 34.4 Å². The molecule has 1 fully saturated rings. The van der Waals surface area contributed by atoms with E-state index in [4.69, 9.17) is 4.74 Å². The zero-order valence-electron chi connectivity index (χ0n) is 20.9. The van der Waals surface area contributed by atoms with Gasteiger partial charge in [0.15, 0.2) is 0 Å². The van der Waals surface area contributed by atoms with Crippen LogP contribution in [0.2, 0.25) is 0 Å². The van der Waals surface area contributed by atoms with E-state index in [1.165, 1.54) is 5.56 Å². The molecular formula is C31H30N2O3. The SMILES string of the molecule is Cc1c(C(=O)N2C[C@@H](C)[C@]3(OC(=O)c4ccccc43)[C@@H](C)C2)c2ccccc2n1Cc1ccccc1. The van der Waals surface area contributed by atoms with E-state index >= 15 is 0 Å². The van der Waals surface area contributed by atoms with Crippen molar-refractivity contribution in [3.8, 4) is 0 Å². The summed E-state index contributed by atoms with van der Waals surface area (Å²) in [6.45, 7) is 8.01. The lowest BCUT2D eigenvalue weighted by molar-refractivity contribution is -0.105. The Balaban J connectivity index is 1.36. The number of carbonyl (C=O) groups is 2. The number of esters is 1. The monoisotopic (exact) mass is 478 g/mol. The number of benzene rings is 3. The third-order valence-corrected chi connectivity index (χ3v) is 8.20. The number of hydrogen-bond acceptors (Lipinski definition) is 3. The fourth-order valence-corrected chi connectivity index (χ4v) is 6.48. The van der Waals surface area contributed by atoms with Gasteiger partial charge in [-0.15, -0.1) is 0 Å². The lowest BCUT2D eigenvalue weighted by Crippen LogP contribution is -2.56. The van der Waals surface area contributed by atoms with Gasteiger partial charge in [0.05, 0.1) is 11.1 Å². The Labute approximate surface area is 211 Å². The first-order chi connectivity index (χ1) is 17.4. The standard InChI is InChI=1S/C31H30N2O3/c1-20-17-32(18-21(2)31(20)26-15-9-7-13-24(26)30(35)36-31)29(34)28-22(3)33(19-23-11-5-4-6-12-23)27-16-10-8-14-25(27)28/h4-16,20-21H,17-19H2,1-3H3/t20-,21+,31+. The van der Waals surface area contributed by atoms with Gasteiger partial charge >= 0.3 is 5.97 Å². The molecule has 0 N–H and O–H groups in total. The molecule has 1 spiro atoms. The maximum Gasteiger partial charge on any atom is 0.339 e. The molecule has 3 atom stereocenters. The van der Waals surface area contributed by atoms with Crippen LogP contribution in [0.25, 0.3) is 10.9 Å². The molecule has 0 saturated carbocycles. The van der Waals surface area contributed by atoms with E-state index in [0.29, 0.717) is 25.2 Å². The molecule has 1 aromatic heterocycles. The lowest BCUT2D eigenvalue weighted by Gasteiger charge is -2.48. The lowest BCUT2D eigenvalue weighted by atomic mass is 9.70. The minimum atomic E-state index is -0.694. The zero-order chi connectivity index (χ0) is 25.0. The van der Waals surface area contributed by atoms with Gasteiger partial charge in [-0.3, -0.25) is 4.79 Å².